The monoisotopic (exact) mass is 564 g/mol. The molecule has 2 aromatic carbocycles. The first-order chi connectivity index (χ1) is 18.3. The summed E-state index contributed by atoms with van der Waals surface area (Å²) in [5, 5.41) is 9.69. The van der Waals surface area contributed by atoms with Gasteiger partial charge in [0.05, 0.1) is 10.9 Å². The lowest BCUT2D eigenvalue weighted by atomic mass is 9.92. The number of hydrogen-bond acceptors (Lipinski definition) is 5. The van der Waals surface area contributed by atoms with E-state index in [9.17, 15) is 36.3 Å². The lowest BCUT2D eigenvalue weighted by Gasteiger charge is -2.38. The molecule has 0 aliphatic carbocycles. The van der Waals surface area contributed by atoms with Gasteiger partial charge in [0, 0.05) is 50.0 Å². The largest absolute Gasteiger partial charge is 0.490 e. The summed E-state index contributed by atoms with van der Waals surface area (Å²) in [6, 6.07) is 14.7. The normalized spacial score (nSPS) is 18.1. The number of alkyl halides is 3. The second-order valence-corrected chi connectivity index (χ2v) is 11.5. The molecule has 2 heterocycles. The van der Waals surface area contributed by atoms with E-state index in [1.807, 2.05) is 0 Å². The number of rotatable bonds is 7. The topological polar surface area (TPSA) is 106 Å². The Morgan fingerprint density at radius 2 is 1.74 bits per heavy atom. The number of sulfone groups is 1. The minimum atomic E-state index is -4.25. The second kappa shape index (κ2) is 11.1. The Kier molecular flexibility index (Phi) is 8.05. The van der Waals surface area contributed by atoms with Crippen molar-refractivity contribution < 1.29 is 36.2 Å². The smallest absolute Gasteiger partial charge is 0.407 e. The highest BCUT2D eigenvalue weighted by molar-refractivity contribution is 7.90. The van der Waals surface area contributed by atoms with Crippen molar-refractivity contribution in [1.29, 1.82) is 0 Å². The van der Waals surface area contributed by atoms with Crippen molar-refractivity contribution in [3.63, 3.8) is 0 Å². The Labute approximate surface area is 223 Å². The summed E-state index contributed by atoms with van der Waals surface area (Å²) in [6.07, 6.45) is -3.56. The average molecular weight is 565 g/mol. The van der Waals surface area contributed by atoms with Gasteiger partial charge in [0.2, 0.25) is 0 Å². The minimum Gasteiger partial charge on any atom is -0.490 e. The third kappa shape index (κ3) is 7.20. The number of carbonyl (C=O) groups is 1. The van der Waals surface area contributed by atoms with Crippen molar-refractivity contribution in [2.75, 3.05) is 12.8 Å². The van der Waals surface area contributed by atoms with E-state index in [0.29, 0.717) is 35.4 Å². The summed E-state index contributed by atoms with van der Waals surface area (Å²) >= 11 is 0. The first-order valence-corrected chi connectivity index (χ1v) is 14.0. The van der Waals surface area contributed by atoms with Gasteiger partial charge in [0.1, 0.15) is 11.9 Å². The summed E-state index contributed by atoms with van der Waals surface area (Å²) in [7, 11) is -3.37. The van der Waals surface area contributed by atoms with Gasteiger partial charge < -0.3 is 14.7 Å². The number of aromatic nitrogens is 1. The number of aryl methyl sites for hydroxylation is 1. The molecule has 0 saturated carbocycles. The molecule has 4 rings (SSSR count). The van der Waals surface area contributed by atoms with Crippen LogP contribution in [-0.2, 0) is 16.3 Å². The molecule has 2 unspecified atom stereocenters. The second-order valence-electron chi connectivity index (χ2n) is 9.45. The summed E-state index contributed by atoms with van der Waals surface area (Å²) in [5.41, 5.74) is 1.24. The third-order valence-corrected chi connectivity index (χ3v) is 7.73. The van der Waals surface area contributed by atoms with E-state index in [0.717, 1.165) is 6.26 Å². The highest BCUT2D eigenvalue weighted by Crippen LogP contribution is 2.33. The van der Waals surface area contributed by atoms with Crippen LogP contribution in [0.4, 0.5) is 18.0 Å². The number of carboxylic acid groups (broad SMARTS) is 1. The standard InChI is InChI=1S/C27H27F3N2O6S/c1-39(36,37)23-8-6-20(7-9-23)31-14-11-22(17-25(31)33)38-21-12-15-32(26(34)35)24(16-21)19-4-2-18(3-5-19)10-13-27(28,29)30/h2-9,11,14,17,21,24H,10,12-13,15-16H2,1H3,(H,34,35). The van der Waals surface area contributed by atoms with Crippen LogP contribution < -0.4 is 10.3 Å². The molecule has 1 N–H and O–H groups in total. The Balaban J connectivity index is 1.47. The van der Waals surface area contributed by atoms with E-state index in [4.69, 9.17) is 4.74 Å². The van der Waals surface area contributed by atoms with Crippen LogP contribution in [0, 0.1) is 0 Å². The van der Waals surface area contributed by atoms with Crippen LogP contribution in [0.1, 0.15) is 36.4 Å². The number of pyridine rings is 1. The molecule has 0 spiro atoms. The fourth-order valence-corrected chi connectivity index (χ4v) is 5.20. The molecule has 3 aromatic rings. The molecule has 1 aromatic heterocycles. The van der Waals surface area contributed by atoms with E-state index in [1.165, 1.54) is 46.0 Å². The average Bonchev–Trinajstić information content (AvgIpc) is 2.87. The number of ether oxygens (including phenoxy) is 1. The number of likely N-dealkylation sites (tertiary alicyclic amines) is 1. The third-order valence-electron chi connectivity index (χ3n) is 6.60. The molecule has 12 heteroatoms. The zero-order valence-electron chi connectivity index (χ0n) is 21.0. The minimum absolute atomic E-state index is 0.137. The van der Waals surface area contributed by atoms with Gasteiger partial charge in [-0.05, 0) is 47.9 Å². The summed E-state index contributed by atoms with van der Waals surface area (Å²) < 4.78 is 68.3. The first-order valence-electron chi connectivity index (χ1n) is 12.2. The van der Waals surface area contributed by atoms with Crippen LogP contribution >= 0.6 is 0 Å². The molecular formula is C27H27F3N2O6S. The van der Waals surface area contributed by atoms with Crippen LogP contribution in [-0.4, -0.2) is 54.2 Å². The van der Waals surface area contributed by atoms with Gasteiger partial charge in [0.15, 0.2) is 9.84 Å². The van der Waals surface area contributed by atoms with Crippen LogP contribution in [0.3, 0.4) is 0 Å². The van der Waals surface area contributed by atoms with E-state index in [1.54, 1.807) is 30.3 Å². The lowest BCUT2D eigenvalue weighted by Crippen LogP contribution is -2.43. The summed E-state index contributed by atoms with van der Waals surface area (Å²) in [5.74, 6) is 0.305. The van der Waals surface area contributed by atoms with Gasteiger partial charge in [-0.15, -0.1) is 0 Å². The maximum absolute atomic E-state index is 12.7. The van der Waals surface area contributed by atoms with Gasteiger partial charge >= 0.3 is 12.3 Å². The molecule has 1 aliphatic heterocycles. The molecule has 1 aliphatic rings. The van der Waals surface area contributed by atoms with Crippen LogP contribution in [0.15, 0.2) is 76.6 Å². The Morgan fingerprint density at radius 1 is 1.08 bits per heavy atom. The molecule has 1 saturated heterocycles. The number of piperidine rings is 1. The van der Waals surface area contributed by atoms with Crippen molar-refractivity contribution in [3.05, 3.63) is 88.3 Å². The molecule has 1 fully saturated rings. The van der Waals surface area contributed by atoms with Gasteiger partial charge in [0.25, 0.3) is 5.56 Å². The van der Waals surface area contributed by atoms with E-state index >= 15 is 0 Å². The lowest BCUT2D eigenvalue weighted by molar-refractivity contribution is -0.134. The van der Waals surface area contributed by atoms with Gasteiger partial charge in [-0.2, -0.15) is 13.2 Å². The zero-order valence-corrected chi connectivity index (χ0v) is 21.8. The Bertz CT molecular complexity index is 1490. The molecule has 8 nitrogen and oxygen atoms in total. The van der Waals surface area contributed by atoms with Crippen molar-refractivity contribution in [2.45, 2.75) is 48.9 Å². The molecular weight excluding hydrogens is 537 g/mol. The van der Waals surface area contributed by atoms with E-state index in [2.05, 4.69) is 0 Å². The fraction of sp³-hybridized carbons (Fsp3) is 0.333. The first kappa shape index (κ1) is 28.2. The van der Waals surface area contributed by atoms with Crippen LogP contribution in [0.5, 0.6) is 5.75 Å². The zero-order chi connectivity index (χ0) is 28.4. The van der Waals surface area contributed by atoms with Crippen molar-refractivity contribution in [2.24, 2.45) is 0 Å². The highest BCUT2D eigenvalue weighted by Gasteiger charge is 2.34. The molecule has 208 valence electrons. The highest BCUT2D eigenvalue weighted by atomic mass is 32.2. The van der Waals surface area contributed by atoms with E-state index in [-0.39, 0.29) is 17.9 Å². The predicted molar refractivity (Wildman–Crippen MR) is 137 cm³/mol. The van der Waals surface area contributed by atoms with Gasteiger partial charge in [-0.25, -0.2) is 13.2 Å². The summed E-state index contributed by atoms with van der Waals surface area (Å²) in [4.78, 5) is 26.0. The molecule has 0 bridgehead atoms. The van der Waals surface area contributed by atoms with Crippen LogP contribution in [0.25, 0.3) is 5.69 Å². The van der Waals surface area contributed by atoms with Gasteiger partial charge in [-0.1, -0.05) is 24.3 Å². The number of amides is 1. The summed E-state index contributed by atoms with van der Waals surface area (Å²) in [6.45, 7) is 0.185. The quantitative estimate of drug-likeness (QED) is 0.433. The number of nitrogens with zero attached hydrogens (tertiary/aromatic N) is 2. The Hall–Kier alpha value is -3.80. The molecule has 0 radical (unpaired) electrons. The Morgan fingerprint density at radius 3 is 2.31 bits per heavy atom. The van der Waals surface area contributed by atoms with Crippen molar-refractivity contribution >= 4 is 15.9 Å². The van der Waals surface area contributed by atoms with Gasteiger partial charge in [-0.3, -0.25) is 9.36 Å². The van der Waals surface area contributed by atoms with Crippen molar-refractivity contribution in [3.8, 4) is 11.4 Å². The van der Waals surface area contributed by atoms with E-state index < -0.39 is 46.2 Å². The number of hydrogen-bond donors (Lipinski definition) is 1. The fourth-order valence-electron chi connectivity index (χ4n) is 4.57. The maximum Gasteiger partial charge on any atom is 0.407 e. The van der Waals surface area contributed by atoms with Crippen molar-refractivity contribution in [1.82, 2.24) is 9.47 Å². The SMILES string of the molecule is CS(=O)(=O)c1ccc(-n2ccc(OC3CCN(C(=O)O)C(c4ccc(CCC(F)(F)F)cc4)C3)cc2=O)cc1. The number of halogens is 3. The number of benzene rings is 2. The van der Waals surface area contributed by atoms with Crippen LogP contribution in [0.2, 0.25) is 0 Å². The molecule has 2 atom stereocenters. The maximum atomic E-state index is 12.7. The molecule has 39 heavy (non-hydrogen) atoms. The predicted octanol–water partition coefficient (Wildman–Crippen LogP) is 5.00. The molecule has 1 amide bonds.